The molecule has 32 heavy (non-hydrogen) atoms. The van der Waals surface area contributed by atoms with Gasteiger partial charge in [0.25, 0.3) is 0 Å². The van der Waals surface area contributed by atoms with E-state index in [1.807, 2.05) is 38.1 Å². The molecular formula is C23H36N2O6S. The van der Waals surface area contributed by atoms with Gasteiger partial charge in [-0.1, -0.05) is 12.1 Å². The van der Waals surface area contributed by atoms with Gasteiger partial charge in [-0.15, -0.1) is 11.8 Å². The first kappa shape index (κ1) is 27.8. The third-order valence-electron chi connectivity index (χ3n) is 4.67. The number of hydrogen-bond donors (Lipinski definition) is 2. The van der Waals surface area contributed by atoms with Gasteiger partial charge >= 0.3 is 11.9 Å². The molecular weight excluding hydrogens is 432 g/mol. The van der Waals surface area contributed by atoms with Crippen molar-refractivity contribution in [1.29, 1.82) is 0 Å². The summed E-state index contributed by atoms with van der Waals surface area (Å²) in [5.41, 5.74) is 6.60. The van der Waals surface area contributed by atoms with Gasteiger partial charge < -0.3 is 25.3 Å². The molecule has 1 rings (SSSR count). The number of nitrogens with one attached hydrogen (secondary N) is 1. The van der Waals surface area contributed by atoms with Gasteiger partial charge in [0, 0.05) is 16.9 Å². The van der Waals surface area contributed by atoms with Crippen molar-refractivity contribution in [3.8, 4) is 5.75 Å². The van der Waals surface area contributed by atoms with Crippen molar-refractivity contribution in [2.75, 3.05) is 14.2 Å². The van der Waals surface area contributed by atoms with Gasteiger partial charge in [-0.05, 0) is 58.7 Å². The van der Waals surface area contributed by atoms with E-state index in [-0.39, 0.29) is 12.8 Å². The van der Waals surface area contributed by atoms with Crippen LogP contribution in [0.3, 0.4) is 0 Å². The number of carbonyl (C=O) groups excluding carboxylic acids is 3. The smallest absolute Gasteiger partial charge is 0.329 e. The topological polar surface area (TPSA) is 117 Å². The van der Waals surface area contributed by atoms with Crippen molar-refractivity contribution < 1.29 is 28.6 Å². The number of benzene rings is 1. The average molecular weight is 469 g/mol. The maximum absolute atomic E-state index is 12.9. The van der Waals surface area contributed by atoms with E-state index in [1.165, 1.54) is 18.9 Å². The Balaban J connectivity index is 2.81. The van der Waals surface area contributed by atoms with E-state index in [2.05, 4.69) is 10.1 Å². The number of hydrogen-bond acceptors (Lipinski definition) is 8. The Bertz CT molecular complexity index is 774. The molecule has 0 spiro atoms. The lowest BCUT2D eigenvalue weighted by molar-refractivity contribution is -0.159. The highest BCUT2D eigenvalue weighted by atomic mass is 32.2. The molecule has 3 N–H and O–H groups in total. The van der Waals surface area contributed by atoms with Crippen LogP contribution in [0.4, 0.5) is 0 Å². The number of amides is 1. The third kappa shape index (κ3) is 9.48. The predicted molar refractivity (Wildman–Crippen MR) is 125 cm³/mol. The van der Waals surface area contributed by atoms with Crippen LogP contribution in [0.25, 0.3) is 0 Å². The van der Waals surface area contributed by atoms with E-state index in [0.717, 1.165) is 11.3 Å². The summed E-state index contributed by atoms with van der Waals surface area (Å²) in [5, 5.41) is 2.66. The fourth-order valence-corrected chi connectivity index (χ4v) is 3.66. The first-order valence-corrected chi connectivity index (χ1v) is 11.4. The molecule has 180 valence electrons. The van der Waals surface area contributed by atoms with E-state index in [9.17, 15) is 14.4 Å². The number of nitrogens with two attached hydrogens (primary N) is 1. The second kappa shape index (κ2) is 12.1. The SMILES string of the molecule is COC(=O)CCC(NC(=O)C(N)C(C)(C)SCc1ccc(OC)cc1)C(=O)OC(C)(C)C. The maximum Gasteiger partial charge on any atom is 0.329 e. The van der Waals surface area contributed by atoms with Gasteiger partial charge in [-0.2, -0.15) is 0 Å². The minimum absolute atomic E-state index is 0.0362. The molecule has 2 unspecified atom stereocenters. The Kier molecular flexibility index (Phi) is 10.5. The molecule has 2 atom stereocenters. The Morgan fingerprint density at radius 2 is 1.66 bits per heavy atom. The van der Waals surface area contributed by atoms with Gasteiger partial charge in [0.2, 0.25) is 5.91 Å². The zero-order valence-electron chi connectivity index (χ0n) is 20.0. The van der Waals surface area contributed by atoms with E-state index in [4.69, 9.17) is 15.2 Å². The fraction of sp³-hybridized carbons (Fsp3) is 0.609. The summed E-state index contributed by atoms with van der Waals surface area (Å²) in [6.07, 6.45) is 0.0189. The second-order valence-electron chi connectivity index (χ2n) is 8.93. The monoisotopic (exact) mass is 468 g/mol. The standard InChI is InChI=1S/C23H36N2O6S/c1-22(2,3)31-21(28)17(12-13-18(26)30-7)25-20(27)19(24)23(4,5)32-14-15-8-10-16(29-6)11-9-15/h8-11,17,19H,12-14,24H2,1-7H3,(H,25,27). The van der Waals surface area contributed by atoms with Crippen molar-refractivity contribution in [1.82, 2.24) is 5.32 Å². The third-order valence-corrected chi connectivity index (χ3v) is 6.15. The van der Waals surface area contributed by atoms with Crippen LogP contribution in [0.15, 0.2) is 24.3 Å². The zero-order valence-corrected chi connectivity index (χ0v) is 20.8. The van der Waals surface area contributed by atoms with Crippen LogP contribution in [-0.4, -0.2) is 54.5 Å². The molecule has 0 aromatic heterocycles. The molecule has 0 saturated carbocycles. The van der Waals surface area contributed by atoms with Gasteiger partial charge in [-0.3, -0.25) is 9.59 Å². The Hall–Kier alpha value is -2.26. The molecule has 0 aliphatic carbocycles. The van der Waals surface area contributed by atoms with Crippen molar-refractivity contribution in [2.24, 2.45) is 5.73 Å². The highest BCUT2D eigenvalue weighted by Gasteiger charge is 2.35. The highest BCUT2D eigenvalue weighted by molar-refractivity contribution is 7.99. The first-order valence-electron chi connectivity index (χ1n) is 10.4. The van der Waals surface area contributed by atoms with E-state index in [0.29, 0.717) is 5.75 Å². The summed E-state index contributed by atoms with van der Waals surface area (Å²) in [6.45, 7) is 8.95. The van der Waals surface area contributed by atoms with Crippen molar-refractivity contribution in [2.45, 2.75) is 75.6 Å². The maximum atomic E-state index is 12.9. The van der Waals surface area contributed by atoms with E-state index in [1.54, 1.807) is 27.9 Å². The van der Waals surface area contributed by atoms with Gasteiger partial charge in [-0.25, -0.2) is 4.79 Å². The van der Waals surface area contributed by atoms with Crippen LogP contribution in [0, 0.1) is 0 Å². The molecule has 0 aliphatic rings. The second-order valence-corrected chi connectivity index (χ2v) is 10.6. The summed E-state index contributed by atoms with van der Waals surface area (Å²) < 4.78 is 14.6. The molecule has 0 heterocycles. The molecule has 1 amide bonds. The molecule has 0 fully saturated rings. The molecule has 1 aromatic rings. The number of thioether (sulfide) groups is 1. The zero-order chi connectivity index (χ0) is 24.5. The van der Waals surface area contributed by atoms with Crippen LogP contribution in [-0.2, 0) is 29.6 Å². The molecule has 1 aromatic carbocycles. The van der Waals surface area contributed by atoms with E-state index >= 15 is 0 Å². The minimum Gasteiger partial charge on any atom is -0.497 e. The van der Waals surface area contributed by atoms with Gasteiger partial charge in [0.1, 0.15) is 17.4 Å². The van der Waals surface area contributed by atoms with Crippen LogP contribution in [0.5, 0.6) is 5.75 Å². The van der Waals surface area contributed by atoms with Gasteiger partial charge in [0.05, 0.1) is 20.3 Å². The largest absolute Gasteiger partial charge is 0.497 e. The minimum atomic E-state index is -1.01. The van der Waals surface area contributed by atoms with Crippen LogP contribution in [0.2, 0.25) is 0 Å². The van der Waals surface area contributed by atoms with Crippen LogP contribution in [0.1, 0.15) is 53.0 Å². The van der Waals surface area contributed by atoms with Crippen molar-refractivity contribution >= 4 is 29.6 Å². The number of methoxy groups -OCH3 is 2. The lowest BCUT2D eigenvalue weighted by Gasteiger charge is -2.32. The Morgan fingerprint density at radius 3 is 2.16 bits per heavy atom. The van der Waals surface area contributed by atoms with Gasteiger partial charge in [0.15, 0.2) is 0 Å². The molecule has 9 heteroatoms. The van der Waals surface area contributed by atoms with Crippen molar-refractivity contribution in [3.63, 3.8) is 0 Å². The summed E-state index contributed by atoms with van der Waals surface area (Å²) in [5.74, 6) is -0.166. The summed E-state index contributed by atoms with van der Waals surface area (Å²) in [7, 11) is 2.88. The molecule has 0 radical (unpaired) electrons. The van der Waals surface area contributed by atoms with Crippen LogP contribution >= 0.6 is 11.8 Å². The Labute approximate surface area is 194 Å². The lowest BCUT2D eigenvalue weighted by atomic mass is 10.0. The molecule has 0 aliphatic heterocycles. The average Bonchev–Trinajstić information content (AvgIpc) is 2.73. The van der Waals surface area contributed by atoms with E-state index < -0.39 is 40.3 Å². The molecule has 0 saturated heterocycles. The quantitative estimate of drug-likeness (QED) is 0.476. The predicted octanol–water partition coefficient (Wildman–Crippen LogP) is 2.81. The van der Waals surface area contributed by atoms with Crippen molar-refractivity contribution in [3.05, 3.63) is 29.8 Å². The number of ether oxygens (including phenoxy) is 3. The molecule has 0 bridgehead atoms. The normalized spacial score (nSPS) is 13.6. The number of carbonyl (C=O) groups is 3. The lowest BCUT2D eigenvalue weighted by Crippen LogP contribution is -2.56. The fourth-order valence-electron chi connectivity index (χ4n) is 2.64. The Morgan fingerprint density at radius 1 is 1.06 bits per heavy atom. The van der Waals surface area contributed by atoms with Crippen LogP contribution < -0.4 is 15.8 Å². The summed E-state index contributed by atoms with van der Waals surface area (Å²) >= 11 is 1.53. The highest BCUT2D eigenvalue weighted by Crippen LogP contribution is 2.31. The number of esters is 2. The summed E-state index contributed by atoms with van der Waals surface area (Å²) in [4.78, 5) is 37.0. The first-order chi connectivity index (χ1) is 14.8. The number of rotatable bonds is 11. The summed E-state index contributed by atoms with van der Waals surface area (Å²) in [6, 6.07) is 5.77. The molecule has 8 nitrogen and oxygen atoms in total.